The highest BCUT2D eigenvalue weighted by atomic mass is 32.2. The van der Waals surface area contributed by atoms with Gasteiger partial charge in [0.1, 0.15) is 5.82 Å². The van der Waals surface area contributed by atoms with Crippen molar-refractivity contribution >= 4 is 17.7 Å². The molecule has 1 atom stereocenters. The van der Waals surface area contributed by atoms with Crippen LogP contribution in [0.25, 0.3) is 0 Å². The Labute approximate surface area is 123 Å². The van der Waals surface area contributed by atoms with Gasteiger partial charge in [-0.2, -0.15) is 11.8 Å². The Hall–Kier alpha value is -1.07. The molecule has 1 unspecified atom stereocenters. The fraction of sp³-hybridized carbons (Fsp3) is 0.533. The monoisotopic (exact) mass is 297 g/mol. The van der Waals surface area contributed by atoms with E-state index in [1.165, 1.54) is 23.9 Å². The summed E-state index contributed by atoms with van der Waals surface area (Å²) in [6.45, 7) is 1.91. The molecule has 1 aromatic carbocycles. The van der Waals surface area contributed by atoms with E-state index < -0.39 is 11.0 Å². The highest BCUT2D eigenvalue weighted by Gasteiger charge is 2.51. The number of hydrogen-bond donors (Lipinski definition) is 2. The normalized spacial score (nSPS) is 19.2. The van der Waals surface area contributed by atoms with Crippen molar-refractivity contribution in [3.05, 3.63) is 35.6 Å². The molecule has 20 heavy (non-hydrogen) atoms. The third-order valence-corrected chi connectivity index (χ3v) is 4.56. The average molecular weight is 297 g/mol. The molecule has 1 saturated carbocycles. The third-order valence-electron chi connectivity index (χ3n) is 3.65. The number of hydrogen-bond acceptors (Lipinski definition) is 3. The molecule has 0 saturated heterocycles. The van der Waals surface area contributed by atoms with E-state index >= 15 is 0 Å². The Bertz CT molecular complexity index is 500. The molecule has 0 radical (unpaired) electrons. The van der Waals surface area contributed by atoms with E-state index in [2.05, 4.69) is 5.32 Å². The van der Waals surface area contributed by atoms with E-state index in [-0.39, 0.29) is 18.3 Å². The van der Waals surface area contributed by atoms with Gasteiger partial charge in [-0.3, -0.25) is 4.79 Å². The van der Waals surface area contributed by atoms with Crippen LogP contribution in [0.4, 0.5) is 4.39 Å². The molecule has 2 rings (SSSR count). The summed E-state index contributed by atoms with van der Waals surface area (Å²) in [5, 5.41) is 12.9. The first-order chi connectivity index (χ1) is 9.39. The Morgan fingerprint density at radius 1 is 1.55 bits per heavy atom. The number of aliphatic hydroxyl groups is 1. The summed E-state index contributed by atoms with van der Waals surface area (Å²) in [5.74, 6) is 0.112. The second-order valence-corrected chi connectivity index (χ2v) is 6.57. The maximum Gasteiger partial charge on any atom is 0.230 e. The van der Waals surface area contributed by atoms with Crippen LogP contribution in [0.5, 0.6) is 0 Å². The van der Waals surface area contributed by atoms with Gasteiger partial charge in [0.05, 0.1) is 11.0 Å². The number of nitrogens with one attached hydrogen (secondary N) is 1. The number of carbonyl (C=O) groups is 1. The SMILES string of the molecule is CSCC(C)(O)CNC(=O)C1(c2cccc(F)c2)CC1. The fourth-order valence-electron chi connectivity index (χ4n) is 2.36. The number of carbonyl (C=O) groups excluding carboxylic acids is 1. The summed E-state index contributed by atoms with van der Waals surface area (Å²) >= 11 is 1.53. The lowest BCUT2D eigenvalue weighted by atomic mass is 9.94. The molecular formula is C15H20FNO2S. The summed E-state index contributed by atoms with van der Waals surface area (Å²) in [6.07, 6.45) is 3.37. The van der Waals surface area contributed by atoms with Crippen LogP contribution in [0.1, 0.15) is 25.3 Å². The van der Waals surface area contributed by atoms with Crippen molar-refractivity contribution in [2.45, 2.75) is 30.8 Å². The highest BCUT2D eigenvalue weighted by Crippen LogP contribution is 2.48. The summed E-state index contributed by atoms with van der Waals surface area (Å²) < 4.78 is 13.3. The molecule has 1 aliphatic rings. The summed E-state index contributed by atoms with van der Waals surface area (Å²) in [5.41, 5.74) is -0.801. The number of thioether (sulfide) groups is 1. The molecule has 1 fully saturated rings. The minimum atomic E-state index is -0.924. The van der Waals surface area contributed by atoms with E-state index in [0.717, 1.165) is 18.4 Å². The summed E-state index contributed by atoms with van der Waals surface area (Å²) in [6, 6.07) is 6.21. The topological polar surface area (TPSA) is 49.3 Å². The Kier molecular flexibility index (Phi) is 4.39. The maximum atomic E-state index is 13.3. The Balaban J connectivity index is 2.02. The van der Waals surface area contributed by atoms with Crippen LogP contribution in [-0.2, 0) is 10.2 Å². The van der Waals surface area contributed by atoms with Crippen LogP contribution in [0, 0.1) is 5.82 Å². The predicted octanol–water partition coefficient (Wildman–Crippen LogP) is 2.09. The van der Waals surface area contributed by atoms with Gasteiger partial charge < -0.3 is 10.4 Å². The molecule has 0 aliphatic heterocycles. The van der Waals surface area contributed by atoms with Gasteiger partial charge in [-0.1, -0.05) is 12.1 Å². The zero-order valence-corrected chi connectivity index (χ0v) is 12.6. The van der Waals surface area contributed by atoms with Crippen LogP contribution < -0.4 is 5.32 Å². The lowest BCUT2D eigenvalue weighted by Crippen LogP contribution is -2.45. The van der Waals surface area contributed by atoms with Crippen molar-refractivity contribution in [1.82, 2.24) is 5.32 Å². The second kappa shape index (κ2) is 5.74. The van der Waals surface area contributed by atoms with E-state index in [4.69, 9.17) is 0 Å². The van der Waals surface area contributed by atoms with Crippen LogP contribution in [0.3, 0.4) is 0 Å². The van der Waals surface area contributed by atoms with Crippen molar-refractivity contribution in [2.75, 3.05) is 18.6 Å². The molecular weight excluding hydrogens is 277 g/mol. The van der Waals surface area contributed by atoms with Gasteiger partial charge in [0.25, 0.3) is 0 Å². The van der Waals surface area contributed by atoms with Crippen molar-refractivity contribution in [2.24, 2.45) is 0 Å². The Morgan fingerprint density at radius 3 is 2.80 bits per heavy atom. The molecule has 1 amide bonds. The van der Waals surface area contributed by atoms with Gasteiger partial charge >= 0.3 is 0 Å². The number of halogens is 1. The lowest BCUT2D eigenvalue weighted by molar-refractivity contribution is -0.124. The van der Waals surface area contributed by atoms with Gasteiger partial charge in [0.2, 0.25) is 5.91 Å². The smallest absolute Gasteiger partial charge is 0.230 e. The van der Waals surface area contributed by atoms with E-state index in [9.17, 15) is 14.3 Å². The molecule has 1 aromatic rings. The quantitative estimate of drug-likeness (QED) is 0.845. The minimum absolute atomic E-state index is 0.121. The molecule has 0 bridgehead atoms. The molecule has 1 aliphatic carbocycles. The van der Waals surface area contributed by atoms with Crippen LogP contribution in [-0.4, -0.2) is 35.2 Å². The fourth-order valence-corrected chi connectivity index (χ4v) is 3.08. The van der Waals surface area contributed by atoms with Crippen molar-refractivity contribution in [3.8, 4) is 0 Å². The zero-order valence-electron chi connectivity index (χ0n) is 11.8. The van der Waals surface area contributed by atoms with Crippen molar-refractivity contribution in [3.63, 3.8) is 0 Å². The molecule has 0 spiro atoms. The van der Waals surface area contributed by atoms with Crippen LogP contribution in [0.2, 0.25) is 0 Å². The molecule has 110 valence electrons. The first-order valence-corrected chi connectivity index (χ1v) is 8.05. The van der Waals surface area contributed by atoms with Crippen LogP contribution >= 0.6 is 11.8 Å². The molecule has 5 heteroatoms. The van der Waals surface area contributed by atoms with Gasteiger partial charge in [-0.25, -0.2) is 4.39 Å². The summed E-state index contributed by atoms with van der Waals surface area (Å²) in [4.78, 5) is 12.3. The van der Waals surface area contributed by atoms with Gasteiger partial charge in [0.15, 0.2) is 0 Å². The Morgan fingerprint density at radius 2 is 2.25 bits per heavy atom. The number of amides is 1. The summed E-state index contributed by atoms with van der Waals surface area (Å²) in [7, 11) is 0. The van der Waals surface area contributed by atoms with Gasteiger partial charge in [0, 0.05) is 12.3 Å². The number of rotatable bonds is 6. The zero-order chi connectivity index (χ0) is 14.8. The van der Waals surface area contributed by atoms with Gasteiger partial charge in [-0.15, -0.1) is 0 Å². The van der Waals surface area contributed by atoms with Crippen molar-refractivity contribution < 1.29 is 14.3 Å². The van der Waals surface area contributed by atoms with E-state index in [1.54, 1.807) is 19.1 Å². The van der Waals surface area contributed by atoms with Gasteiger partial charge in [-0.05, 0) is 43.7 Å². The third kappa shape index (κ3) is 3.33. The lowest BCUT2D eigenvalue weighted by Gasteiger charge is -2.24. The first-order valence-electron chi connectivity index (χ1n) is 6.65. The minimum Gasteiger partial charge on any atom is -0.387 e. The number of benzene rings is 1. The second-order valence-electron chi connectivity index (χ2n) is 5.71. The van der Waals surface area contributed by atoms with Crippen molar-refractivity contribution in [1.29, 1.82) is 0 Å². The van der Waals surface area contributed by atoms with E-state index in [0.29, 0.717) is 5.75 Å². The highest BCUT2D eigenvalue weighted by molar-refractivity contribution is 7.98. The molecule has 3 nitrogen and oxygen atoms in total. The average Bonchev–Trinajstić information content (AvgIpc) is 3.17. The molecule has 0 aromatic heterocycles. The standard InChI is InChI=1S/C15H20FNO2S/c1-14(19,10-20-2)9-17-13(18)15(6-7-15)11-4-3-5-12(16)8-11/h3-5,8,19H,6-7,9-10H2,1-2H3,(H,17,18). The largest absolute Gasteiger partial charge is 0.387 e. The molecule has 2 N–H and O–H groups in total. The predicted molar refractivity (Wildman–Crippen MR) is 79.3 cm³/mol. The van der Waals surface area contributed by atoms with Crippen LogP contribution in [0.15, 0.2) is 24.3 Å². The maximum absolute atomic E-state index is 13.3. The van der Waals surface area contributed by atoms with E-state index in [1.807, 2.05) is 6.26 Å². The molecule has 0 heterocycles. The first kappa shape index (κ1) is 15.3.